The molecule has 1 fully saturated rings. The van der Waals surface area contributed by atoms with E-state index in [2.05, 4.69) is 19.2 Å². The molecule has 1 aliphatic rings. The Labute approximate surface area is 106 Å². The van der Waals surface area contributed by atoms with Gasteiger partial charge in [-0.15, -0.1) is 0 Å². The van der Waals surface area contributed by atoms with Gasteiger partial charge in [-0.3, -0.25) is 4.79 Å². The van der Waals surface area contributed by atoms with Crippen molar-refractivity contribution in [2.45, 2.75) is 59.0 Å². The molecule has 0 aromatic heterocycles. The van der Waals surface area contributed by atoms with E-state index in [0.717, 1.165) is 11.8 Å². The molecule has 0 spiro atoms. The molecular weight excluding hydrogens is 212 g/mol. The smallest absolute Gasteiger partial charge is 0.236 e. The van der Waals surface area contributed by atoms with Crippen molar-refractivity contribution < 1.29 is 4.79 Å². The standard InChI is InChI=1S/C14H28N2O/c1-10(2)16(5)14(17)9-15-13-7-6-11(3)12(4)8-13/h10-13,15H,6-9H2,1-5H3. The second-order valence-electron chi connectivity index (χ2n) is 5.94. The average Bonchev–Trinajstić information content (AvgIpc) is 2.29. The van der Waals surface area contributed by atoms with Crippen molar-refractivity contribution in [1.29, 1.82) is 0 Å². The molecule has 0 aromatic rings. The molecule has 100 valence electrons. The molecule has 0 radical (unpaired) electrons. The zero-order valence-electron chi connectivity index (χ0n) is 12.0. The molecule has 1 rings (SSSR count). The predicted octanol–water partition coefficient (Wildman–Crippen LogP) is 2.27. The number of hydrogen-bond acceptors (Lipinski definition) is 2. The van der Waals surface area contributed by atoms with Crippen LogP contribution in [0.15, 0.2) is 0 Å². The molecule has 0 aromatic carbocycles. The molecule has 3 nitrogen and oxygen atoms in total. The van der Waals surface area contributed by atoms with E-state index >= 15 is 0 Å². The highest BCUT2D eigenvalue weighted by atomic mass is 16.2. The highest BCUT2D eigenvalue weighted by molar-refractivity contribution is 5.78. The number of likely N-dealkylation sites (N-methyl/N-ethyl adjacent to an activating group) is 1. The number of carbonyl (C=O) groups excluding carboxylic acids is 1. The van der Waals surface area contributed by atoms with Crippen LogP contribution in [0.1, 0.15) is 47.0 Å². The summed E-state index contributed by atoms with van der Waals surface area (Å²) in [7, 11) is 1.88. The fourth-order valence-electron chi connectivity index (χ4n) is 2.38. The maximum atomic E-state index is 11.8. The van der Waals surface area contributed by atoms with E-state index in [1.807, 2.05) is 25.8 Å². The Balaban J connectivity index is 2.29. The second-order valence-corrected chi connectivity index (χ2v) is 5.94. The minimum absolute atomic E-state index is 0.200. The zero-order valence-corrected chi connectivity index (χ0v) is 12.0. The molecule has 3 heteroatoms. The summed E-state index contributed by atoms with van der Waals surface area (Å²) in [6, 6.07) is 0.820. The van der Waals surface area contributed by atoms with Gasteiger partial charge in [0.05, 0.1) is 6.54 Å². The van der Waals surface area contributed by atoms with E-state index in [1.165, 1.54) is 19.3 Å². The van der Waals surface area contributed by atoms with Crippen molar-refractivity contribution in [2.24, 2.45) is 11.8 Å². The minimum Gasteiger partial charge on any atom is -0.342 e. The molecule has 3 unspecified atom stereocenters. The Kier molecular flexibility index (Phi) is 5.44. The van der Waals surface area contributed by atoms with E-state index in [4.69, 9.17) is 0 Å². The Bertz CT molecular complexity index is 253. The van der Waals surface area contributed by atoms with Crippen LogP contribution >= 0.6 is 0 Å². The quantitative estimate of drug-likeness (QED) is 0.817. The molecule has 17 heavy (non-hydrogen) atoms. The molecule has 3 atom stereocenters. The third kappa shape index (κ3) is 4.30. The van der Waals surface area contributed by atoms with Crippen LogP contribution in [0, 0.1) is 11.8 Å². The maximum absolute atomic E-state index is 11.8. The molecule has 0 aliphatic heterocycles. The fraction of sp³-hybridized carbons (Fsp3) is 0.929. The van der Waals surface area contributed by atoms with E-state index < -0.39 is 0 Å². The molecule has 0 bridgehead atoms. The van der Waals surface area contributed by atoms with Crippen LogP contribution in [0.5, 0.6) is 0 Å². The highest BCUT2D eigenvalue weighted by Crippen LogP contribution is 2.29. The average molecular weight is 240 g/mol. The zero-order chi connectivity index (χ0) is 13.0. The Morgan fingerprint density at radius 1 is 1.29 bits per heavy atom. The first-order chi connectivity index (χ1) is 7.91. The number of rotatable bonds is 4. The number of nitrogens with zero attached hydrogens (tertiary/aromatic N) is 1. The van der Waals surface area contributed by atoms with Gasteiger partial charge < -0.3 is 10.2 Å². The molecule has 1 aliphatic carbocycles. The molecule has 1 saturated carbocycles. The molecule has 1 amide bonds. The van der Waals surface area contributed by atoms with Gasteiger partial charge in [0.1, 0.15) is 0 Å². The van der Waals surface area contributed by atoms with Crippen molar-refractivity contribution in [3.05, 3.63) is 0 Å². The lowest BCUT2D eigenvalue weighted by Crippen LogP contribution is -2.44. The Hall–Kier alpha value is -0.570. The normalized spacial score (nSPS) is 29.4. The van der Waals surface area contributed by atoms with E-state index in [0.29, 0.717) is 12.6 Å². The van der Waals surface area contributed by atoms with Gasteiger partial charge in [-0.05, 0) is 44.9 Å². The van der Waals surface area contributed by atoms with Gasteiger partial charge >= 0.3 is 0 Å². The molecular formula is C14H28N2O. The van der Waals surface area contributed by atoms with Gasteiger partial charge in [-0.1, -0.05) is 13.8 Å². The summed E-state index contributed by atoms with van der Waals surface area (Å²) in [5, 5.41) is 3.42. The first-order valence-electron chi connectivity index (χ1n) is 6.90. The van der Waals surface area contributed by atoms with Crippen molar-refractivity contribution in [2.75, 3.05) is 13.6 Å². The minimum atomic E-state index is 0.200. The van der Waals surface area contributed by atoms with Gasteiger partial charge in [0.15, 0.2) is 0 Å². The summed E-state index contributed by atoms with van der Waals surface area (Å²) in [4.78, 5) is 13.6. The van der Waals surface area contributed by atoms with E-state index in [-0.39, 0.29) is 11.9 Å². The Morgan fingerprint density at radius 3 is 2.47 bits per heavy atom. The van der Waals surface area contributed by atoms with E-state index in [9.17, 15) is 4.79 Å². The summed E-state index contributed by atoms with van der Waals surface area (Å²) in [5.41, 5.74) is 0. The molecule has 0 saturated heterocycles. The van der Waals surface area contributed by atoms with Gasteiger partial charge in [0, 0.05) is 19.1 Å². The largest absolute Gasteiger partial charge is 0.342 e. The Morgan fingerprint density at radius 2 is 1.94 bits per heavy atom. The van der Waals surface area contributed by atoms with Gasteiger partial charge in [-0.2, -0.15) is 0 Å². The lowest BCUT2D eigenvalue weighted by atomic mass is 9.79. The highest BCUT2D eigenvalue weighted by Gasteiger charge is 2.24. The summed E-state index contributed by atoms with van der Waals surface area (Å²) in [6.45, 7) is 9.23. The number of amides is 1. The van der Waals surface area contributed by atoms with E-state index in [1.54, 1.807) is 0 Å². The van der Waals surface area contributed by atoms with Crippen LogP contribution in [0.2, 0.25) is 0 Å². The van der Waals surface area contributed by atoms with Crippen molar-refractivity contribution in [3.63, 3.8) is 0 Å². The van der Waals surface area contributed by atoms with Crippen LogP contribution in [0.4, 0.5) is 0 Å². The molecule has 1 N–H and O–H groups in total. The van der Waals surface area contributed by atoms with Gasteiger partial charge in [0.2, 0.25) is 5.91 Å². The number of hydrogen-bond donors (Lipinski definition) is 1. The van der Waals surface area contributed by atoms with Crippen molar-refractivity contribution in [1.82, 2.24) is 10.2 Å². The van der Waals surface area contributed by atoms with Gasteiger partial charge in [-0.25, -0.2) is 0 Å². The maximum Gasteiger partial charge on any atom is 0.236 e. The van der Waals surface area contributed by atoms with Gasteiger partial charge in [0.25, 0.3) is 0 Å². The van der Waals surface area contributed by atoms with Crippen LogP contribution < -0.4 is 5.32 Å². The summed E-state index contributed by atoms with van der Waals surface area (Å²) < 4.78 is 0. The summed E-state index contributed by atoms with van der Waals surface area (Å²) in [5.74, 6) is 1.81. The second kappa shape index (κ2) is 6.39. The van der Waals surface area contributed by atoms with Crippen LogP contribution in [-0.2, 0) is 4.79 Å². The van der Waals surface area contributed by atoms with Crippen molar-refractivity contribution in [3.8, 4) is 0 Å². The summed E-state index contributed by atoms with van der Waals surface area (Å²) in [6.07, 6.45) is 3.71. The summed E-state index contributed by atoms with van der Waals surface area (Å²) >= 11 is 0. The lowest BCUT2D eigenvalue weighted by molar-refractivity contribution is -0.130. The number of carbonyl (C=O) groups is 1. The fourth-order valence-corrected chi connectivity index (χ4v) is 2.38. The third-order valence-electron chi connectivity index (χ3n) is 4.31. The van der Waals surface area contributed by atoms with Crippen LogP contribution in [0.25, 0.3) is 0 Å². The number of nitrogens with one attached hydrogen (secondary N) is 1. The molecule has 0 heterocycles. The third-order valence-corrected chi connectivity index (χ3v) is 4.31. The topological polar surface area (TPSA) is 32.3 Å². The monoisotopic (exact) mass is 240 g/mol. The van der Waals surface area contributed by atoms with Crippen molar-refractivity contribution >= 4 is 5.91 Å². The lowest BCUT2D eigenvalue weighted by Gasteiger charge is -2.33. The predicted molar refractivity (Wildman–Crippen MR) is 71.9 cm³/mol. The first kappa shape index (κ1) is 14.5. The van der Waals surface area contributed by atoms with Crippen LogP contribution in [-0.4, -0.2) is 36.5 Å². The van der Waals surface area contributed by atoms with Crippen LogP contribution in [0.3, 0.4) is 0 Å². The SMILES string of the molecule is CC1CCC(NCC(=O)N(C)C(C)C)CC1C. The first-order valence-corrected chi connectivity index (χ1v) is 6.90.